The van der Waals surface area contributed by atoms with Crippen molar-refractivity contribution in [3.8, 4) is 11.5 Å². The van der Waals surface area contributed by atoms with Crippen LogP contribution < -0.4 is 15.4 Å². The number of carbonyl (C=O) groups is 2. The van der Waals surface area contributed by atoms with Gasteiger partial charge in [0.1, 0.15) is 11.5 Å². The number of carbonyl (C=O) groups excluding carboxylic acids is 2. The highest BCUT2D eigenvalue weighted by molar-refractivity contribution is 5.94. The molecule has 2 aromatic rings. The molecule has 25 heavy (non-hydrogen) atoms. The van der Waals surface area contributed by atoms with E-state index in [9.17, 15) is 9.59 Å². The molecule has 6 heteroatoms. The van der Waals surface area contributed by atoms with E-state index in [1.54, 1.807) is 48.8 Å². The molecule has 0 aliphatic heterocycles. The number of benzene rings is 1. The summed E-state index contributed by atoms with van der Waals surface area (Å²) in [4.78, 5) is 27.7. The van der Waals surface area contributed by atoms with Crippen LogP contribution in [0.4, 0.5) is 0 Å². The van der Waals surface area contributed by atoms with Crippen LogP contribution in [0, 0.1) is 0 Å². The maximum Gasteiger partial charge on any atom is 0.251 e. The molecule has 132 valence electrons. The van der Waals surface area contributed by atoms with Gasteiger partial charge in [0.2, 0.25) is 5.91 Å². The van der Waals surface area contributed by atoms with Gasteiger partial charge in [0.15, 0.2) is 0 Å². The number of aromatic nitrogens is 1. The molecular formula is C19H23N3O3. The van der Waals surface area contributed by atoms with Gasteiger partial charge in [-0.05, 0) is 49.7 Å². The summed E-state index contributed by atoms with van der Waals surface area (Å²) in [5.74, 6) is 0.976. The lowest BCUT2D eigenvalue weighted by Crippen LogP contribution is -2.35. The van der Waals surface area contributed by atoms with E-state index in [1.807, 2.05) is 13.8 Å². The number of hydrogen-bond donors (Lipinski definition) is 2. The van der Waals surface area contributed by atoms with Crippen LogP contribution in [0.15, 0.2) is 48.8 Å². The van der Waals surface area contributed by atoms with Crippen LogP contribution in [0.3, 0.4) is 0 Å². The number of amides is 2. The average molecular weight is 341 g/mol. The number of nitrogens with zero attached hydrogens (tertiary/aromatic N) is 1. The van der Waals surface area contributed by atoms with E-state index in [2.05, 4.69) is 15.6 Å². The van der Waals surface area contributed by atoms with Crippen LogP contribution in [0.5, 0.6) is 11.5 Å². The van der Waals surface area contributed by atoms with Crippen molar-refractivity contribution in [3.63, 3.8) is 0 Å². The molecule has 0 radical (unpaired) electrons. The van der Waals surface area contributed by atoms with Gasteiger partial charge >= 0.3 is 0 Å². The van der Waals surface area contributed by atoms with Gasteiger partial charge in [-0.3, -0.25) is 14.6 Å². The molecule has 0 aliphatic rings. The minimum Gasteiger partial charge on any atom is -0.456 e. The van der Waals surface area contributed by atoms with Gasteiger partial charge in [0.25, 0.3) is 5.91 Å². The molecule has 0 fully saturated rings. The zero-order chi connectivity index (χ0) is 18.1. The van der Waals surface area contributed by atoms with E-state index < -0.39 is 0 Å². The monoisotopic (exact) mass is 341 g/mol. The maximum atomic E-state index is 12.1. The summed E-state index contributed by atoms with van der Waals surface area (Å²) in [5.41, 5.74) is 0.515. The molecule has 0 unspecified atom stereocenters. The SMILES string of the molecule is CC[C@H](C)NC(=O)CCNC(=O)c1ccc(Oc2cccnc2)cc1. The molecule has 0 aliphatic carbocycles. The van der Waals surface area contributed by atoms with Crippen molar-refractivity contribution >= 4 is 11.8 Å². The second-order valence-corrected chi connectivity index (χ2v) is 5.70. The van der Waals surface area contributed by atoms with E-state index in [-0.39, 0.29) is 24.3 Å². The zero-order valence-electron chi connectivity index (χ0n) is 14.5. The fourth-order valence-corrected chi connectivity index (χ4v) is 2.06. The lowest BCUT2D eigenvalue weighted by atomic mass is 10.2. The Labute approximate surface area is 147 Å². The topological polar surface area (TPSA) is 80.3 Å². The van der Waals surface area contributed by atoms with E-state index >= 15 is 0 Å². The fraction of sp³-hybridized carbons (Fsp3) is 0.316. The maximum absolute atomic E-state index is 12.1. The van der Waals surface area contributed by atoms with Crippen LogP contribution in [-0.4, -0.2) is 29.4 Å². The third-order valence-corrected chi connectivity index (χ3v) is 3.64. The number of ether oxygens (including phenoxy) is 1. The average Bonchev–Trinajstić information content (AvgIpc) is 2.63. The number of rotatable bonds is 8. The normalized spacial score (nSPS) is 11.4. The van der Waals surface area contributed by atoms with Crippen molar-refractivity contribution in [1.29, 1.82) is 0 Å². The number of pyridine rings is 1. The summed E-state index contributed by atoms with van der Waals surface area (Å²) in [7, 11) is 0. The smallest absolute Gasteiger partial charge is 0.251 e. The third kappa shape index (κ3) is 6.25. The van der Waals surface area contributed by atoms with Crippen LogP contribution >= 0.6 is 0 Å². The largest absolute Gasteiger partial charge is 0.456 e. The fourth-order valence-electron chi connectivity index (χ4n) is 2.06. The minimum atomic E-state index is -0.218. The molecule has 1 aromatic heterocycles. The van der Waals surface area contributed by atoms with Crippen molar-refractivity contribution in [2.24, 2.45) is 0 Å². The molecule has 1 heterocycles. The van der Waals surface area contributed by atoms with E-state index in [1.165, 1.54) is 0 Å². The zero-order valence-corrected chi connectivity index (χ0v) is 14.5. The van der Waals surface area contributed by atoms with E-state index in [4.69, 9.17) is 4.74 Å². The molecule has 1 atom stereocenters. The van der Waals surface area contributed by atoms with Gasteiger partial charge in [-0.2, -0.15) is 0 Å². The molecule has 2 amide bonds. The summed E-state index contributed by atoms with van der Waals surface area (Å²) < 4.78 is 5.63. The Hall–Kier alpha value is -2.89. The minimum absolute atomic E-state index is 0.0603. The first kappa shape index (κ1) is 18.4. The Kier molecular flexibility index (Phi) is 6.95. The van der Waals surface area contributed by atoms with Gasteiger partial charge in [-0.15, -0.1) is 0 Å². The third-order valence-electron chi connectivity index (χ3n) is 3.64. The van der Waals surface area contributed by atoms with Gasteiger partial charge in [-0.25, -0.2) is 0 Å². The molecule has 1 aromatic carbocycles. The quantitative estimate of drug-likeness (QED) is 0.774. The van der Waals surface area contributed by atoms with Crippen molar-refractivity contribution in [3.05, 3.63) is 54.4 Å². The second-order valence-electron chi connectivity index (χ2n) is 5.70. The van der Waals surface area contributed by atoms with Crippen LogP contribution in [0.1, 0.15) is 37.0 Å². The van der Waals surface area contributed by atoms with Crippen LogP contribution in [0.25, 0.3) is 0 Å². The van der Waals surface area contributed by atoms with Crippen molar-refractivity contribution < 1.29 is 14.3 Å². The van der Waals surface area contributed by atoms with Crippen LogP contribution in [0.2, 0.25) is 0 Å². The highest BCUT2D eigenvalue weighted by atomic mass is 16.5. The van der Waals surface area contributed by atoms with Gasteiger partial charge < -0.3 is 15.4 Å². The predicted molar refractivity (Wildman–Crippen MR) is 95.6 cm³/mol. The Bertz CT molecular complexity index is 687. The molecule has 2 rings (SSSR count). The lowest BCUT2D eigenvalue weighted by Gasteiger charge is -2.11. The molecule has 0 saturated heterocycles. The molecule has 0 saturated carbocycles. The summed E-state index contributed by atoms with van der Waals surface area (Å²) in [5, 5.41) is 5.60. The second kappa shape index (κ2) is 9.42. The van der Waals surface area contributed by atoms with Gasteiger partial charge in [0.05, 0.1) is 6.20 Å². The summed E-state index contributed by atoms with van der Waals surface area (Å²) in [6, 6.07) is 10.5. The number of nitrogens with one attached hydrogen (secondary N) is 2. The predicted octanol–water partition coefficient (Wildman–Crippen LogP) is 2.91. The van der Waals surface area contributed by atoms with E-state index in [0.717, 1.165) is 6.42 Å². The first-order valence-electron chi connectivity index (χ1n) is 8.34. The van der Waals surface area contributed by atoms with Crippen molar-refractivity contribution in [1.82, 2.24) is 15.6 Å². The molecule has 0 spiro atoms. The van der Waals surface area contributed by atoms with Crippen molar-refractivity contribution in [2.45, 2.75) is 32.7 Å². The van der Waals surface area contributed by atoms with Gasteiger partial charge in [0, 0.05) is 30.8 Å². The molecule has 2 N–H and O–H groups in total. The highest BCUT2D eigenvalue weighted by Gasteiger charge is 2.08. The lowest BCUT2D eigenvalue weighted by molar-refractivity contribution is -0.121. The molecular weight excluding hydrogens is 318 g/mol. The number of hydrogen-bond acceptors (Lipinski definition) is 4. The van der Waals surface area contributed by atoms with Crippen molar-refractivity contribution in [2.75, 3.05) is 6.54 Å². The van der Waals surface area contributed by atoms with Crippen LogP contribution in [-0.2, 0) is 4.79 Å². The van der Waals surface area contributed by atoms with Gasteiger partial charge in [-0.1, -0.05) is 6.92 Å². The summed E-state index contributed by atoms with van der Waals surface area (Å²) >= 11 is 0. The highest BCUT2D eigenvalue weighted by Crippen LogP contribution is 2.20. The first-order valence-corrected chi connectivity index (χ1v) is 8.34. The Morgan fingerprint density at radius 3 is 2.56 bits per heavy atom. The molecule has 6 nitrogen and oxygen atoms in total. The standard InChI is InChI=1S/C19H23N3O3/c1-3-14(2)22-18(23)10-12-21-19(24)15-6-8-16(9-7-15)25-17-5-4-11-20-13-17/h4-9,11,13-14H,3,10,12H2,1-2H3,(H,21,24)(H,22,23)/t14-/m0/s1. The summed E-state index contributed by atoms with van der Waals surface area (Å²) in [6.45, 7) is 4.26. The van der Waals surface area contributed by atoms with E-state index in [0.29, 0.717) is 23.6 Å². The Balaban J connectivity index is 1.79. The summed E-state index contributed by atoms with van der Waals surface area (Å²) in [6.07, 6.45) is 4.43. The first-order chi connectivity index (χ1) is 12.1. The Morgan fingerprint density at radius 1 is 1.16 bits per heavy atom. The molecule has 0 bridgehead atoms. The Morgan fingerprint density at radius 2 is 1.92 bits per heavy atom.